The molecule has 0 spiro atoms. The second kappa shape index (κ2) is 10.9. The molecule has 0 unspecified atom stereocenters. The molecule has 0 heterocycles. The maximum Gasteiger partial charge on any atom is 0.237 e. The van der Waals surface area contributed by atoms with E-state index in [-0.39, 0.29) is 5.91 Å². The zero-order valence-corrected chi connectivity index (χ0v) is 12.0. The molecule has 0 saturated carbocycles. The Hall–Kier alpha value is -0.260. The lowest BCUT2D eigenvalue weighted by Crippen LogP contribution is -2.42. The molecule has 17 heavy (non-hydrogen) atoms. The van der Waals surface area contributed by atoms with E-state index in [0.717, 1.165) is 25.2 Å². The predicted molar refractivity (Wildman–Crippen MR) is 74.3 cm³/mol. The van der Waals surface area contributed by atoms with Gasteiger partial charge in [-0.1, -0.05) is 13.8 Å². The molecule has 0 aliphatic rings. The van der Waals surface area contributed by atoms with Crippen molar-refractivity contribution < 1.29 is 9.53 Å². The van der Waals surface area contributed by atoms with Crippen LogP contribution in [0.5, 0.6) is 0 Å². The minimum Gasteiger partial charge on any atom is -0.380 e. The summed E-state index contributed by atoms with van der Waals surface area (Å²) in [5, 5.41) is 2.78. The van der Waals surface area contributed by atoms with Gasteiger partial charge in [-0.25, -0.2) is 0 Å². The number of rotatable bonds is 10. The Balaban J connectivity index is 3.38. The highest BCUT2D eigenvalue weighted by Crippen LogP contribution is 1.99. The van der Waals surface area contributed by atoms with Crippen molar-refractivity contribution in [3.8, 4) is 0 Å². The highest BCUT2D eigenvalue weighted by Gasteiger charge is 2.11. The molecule has 3 N–H and O–H groups in total. The number of hydrogen-bond donors (Lipinski definition) is 2. The summed E-state index contributed by atoms with van der Waals surface area (Å²) < 4.78 is 5.40. The third kappa shape index (κ3) is 10.6. The first-order valence-corrected chi connectivity index (χ1v) is 7.57. The fraction of sp³-hybridized carbons (Fsp3) is 0.917. The molecule has 5 heteroatoms. The quantitative estimate of drug-likeness (QED) is 0.582. The molecular formula is C12H26N2O2S. The van der Waals surface area contributed by atoms with Crippen LogP contribution in [0.4, 0.5) is 0 Å². The largest absolute Gasteiger partial charge is 0.380 e. The standard InChI is InChI=1S/C12H26N2O2S/c1-10(2)4-7-16-8-6-14-12(15)11(13)5-9-17-3/h10-11H,4-9,13H2,1-3H3,(H,14,15)/t11-/m0/s1. The lowest BCUT2D eigenvalue weighted by Gasteiger charge is -2.12. The van der Waals surface area contributed by atoms with Crippen molar-refractivity contribution >= 4 is 17.7 Å². The number of nitrogens with two attached hydrogens (primary N) is 1. The van der Waals surface area contributed by atoms with Gasteiger partial charge < -0.3 is 15.8 Å². The second-order valence-corrected chi connectivity index (χ2v) is 5.46. The van der Waals surface area contributed by atoms with Crippen LogP contribution in [0.1, 0.15) is 26.7 Å². The molecule has 0 radical (unpaired) electrons. The SMILES string of the molecule is CSCC[C@H](N)C(=O)NCCOCCC(C)C. The number of nitrogens with one attached hydrogen (secondary N) is 1. The molecule has 0 saturated heterocycles. The number of carbonyl (C=O) groups is 1. The maximum atomic E-state index is 11.5. The van der Waals surface area contributed by atoms with Crippen LogP contribution in [-0.4, -0.2) is 43.7 Å². The number of thioether (sulfide) groups is 1. The topological polar surface area (TPSA) is 64.4 Å². The summed E-state index contributed by atoms with van der Waals surface area (Å²) in [5.74, 6) is 1.50. The van der Waals surface area contributed by atoms with Crippen molar-refractivity contribution in [2.24, 2.45) is 11.7 Å². The van der Waals surface area contributed by atoms with Gasteiger partial charge in [-0.2, -0.15) is 11.8 Å². The van der Waals surface area contributed by atoms with E-state index < -0.39 is 6.04 Å². The van der Waals surface area contributed by atoms with Crippen LogP contribution in [-0.2, 0) is 9.53 Å². The van der Waals surface area contributed by atoms with E-state index in [1.165, 1.54) is 0 Å². The van der Waals surface area contributed by atoms with E-state index in [2.05, 4.69) is 19.2 Å². The van der Waals surface area contributed by atoms with Gasteiger partial charge in [0, 0.05) is 13.2 Å². The number of hydrogen-bond acceptors (Lipinski definition) is 4. The molecule has 1 atom stereocenters. The fourth-order valence-electron chi connectivity index (χ4n) is 1.17. The first-order chi connectivity index (χ1) is 8.07. The van der Waals surface area contributed by atoms with Crippen molar-refractivity contribution in [3.05, 3.63) is 0 Å². The van der Waals surface area contributed by atoms with E-state index in [1.54, 1.807) is 11.8 Å². The van der Waals surface area contributed by atoms with Crippen molar-refractivity contribution in [1.82, 2.24) is 5.32 Å². The number of ether oxygens (including phenoxy) is 1. The summed E-state index contributed by atoms with van der Waals surface area (Å²) in [7, 11) is 0. The molecular weight excluding hydrogens is 236 g/mol. The van der Waals surface area contributed by atoms with Crippen LogP contribution in [0.25, 0.3) is 0 Å². The Morgan fingerprint density at radius 2 is 2.06 bits per heavy atom. The van der Waals surface area contributed by atoms with Gasteiger partial charge in [0.05, 0.1) is 12.6 Å². The molecule has 1 amide bonds. The van der Waals surface area contributed by atoms with Gasteiger partial charge in [-0.3, -0.25) is 4.79 Å². The maximum absolute atomic E-state index is 11.5. The van der Waals surface area contributed by atoms with Gasteiger partial charge in [0.2, 0.25) is 5.91 Å². The van der Waals surface area contributed by atoms with E-state index in [4.69, 9.17) is 10.5 Å². The van der Waals surface area contributed by atoms with Crippen LogP contribution in [0.3, 0.4) is 0 Å². The zero-order chi connectivity index (χ0) is 13.1. The van der Waals surface area contributed by atoms with Crippen molar-refractivity contribution in [1.29, 1.82) is 0 Å². The minimum atomic E-state index is -0.391. The van der Waals surface area contributed by atoms with Crippen molar-refractivity contribution in [3.63, 3.8) is 0 Å². The average Bonchev–Trinajstić information content (AvgIpc) is 2.29. The summed E-state index contributed by atoms with van der Waals surface area (Å²) in [5.41, 5.74) is 5.72. The molecule has 0 aromatic rings. The van der Waals surface area contributed by atoms with Crippen molar-refractivity contribution in [2.75, 3.05) is 31.8 Å². The molecule has 4 nitrogen and oxygen atoms in total. The first kappa shape index (κ1) is 16.7. The lowest BCUT2D eigenvalue weighted by atomic mass is 10.1. The predicted octanol–water partition coefficient (Wildman–Crippen LogP) is 1.25. The number of carbonyl (C=O) groups excluding carboxylic acids is 1. The van der Waals surface area contributed by atoms with Gasteiger partial charge in [-0.15, -0.1) is 0 Å². The van der Waals surface area contributed by atoms with Crippen molar-refractivity contribution in [2.45, 2.75) is 32.7 Å². The summed E-state index contributed by atoms with van der Waals surface area (Å²) >= 11 is 1.70. The van der Waals surface area contributed by atoms with E-state index in [0.29, 0.717) is 19.1 Å². The Morgan fingerprint density at radius 3 is 2.65 bits per heavy atom. The van der Waals surface area contributed by atoms with E-state index in [1.807, 2.05) is 6.26 Å². The third-order valence-electron chi connectivity index (χ3n) is 2.35. The van der Waals surface area contributed by atoms with Gasteiger partial charge in [0.1, 0.15) is 0 Å². The van der Waals surface area contributed by atoms with E-state index >= 15 is 0 Å². The Bertz CT molecular complexity index is 201. The fourth-order valence-corrected chi connectivity index (χ4v) is 1.66. The van der Waals surface area contributed by atoms with Gasteiger partial charge in [0.25, 0.3) is 0 Å². The van der Waals surface area contributed by atoms with E-state index in [9.17, 15) is 4.79 Å². The zero-order valence-electron chi connectivity index (χ0n) is 11.2. The van der Waals surface area contributed by atoms with Crippen LogP contribution in [0.15, 0.2) is 0 Å². The molecule has 0 bridgehead atoms. The minimum absolute atomic E-state index is 0.0773. The molecule has 0 aromatic heterocycles. The Morgan fingerprint density at radius 1 is 1.35 bits per heavy atom. The summed E-state index contributed by atoms with van der Waals surface area (Å²) in [6.45, 7) is 6.19. The van der Waals surface area contributed by atoms with Crippen LogP contribution in [0.2, 0.25) is 0 Å². The highest BCUT2D eigenvalue weighted by molar-refractivity contribution is 7.98. The van der Waals surface area contributed by atoms with Crippen LogP contribution < -0.4 is 11.1 Å². The third-order valence-corrected chi connectivity index (χ3v) is 3.00. The number of amides is 1. The summed E-state index contributed by atoms with van der Waals surface area (Å²) in [6.07, 6.45) is 3.79. The molecule has 0 rings (SSSR count). The molecule has 0 aliphatic carbocycles. The van der Waals surface area contributed by atoms with Crippen LogP contribution in [0, 0.1) is 5.92 Å². The summed E-state index contributed by atoms with van der Waals surface area (Å²) in [6, 6.07) is -0.391. The molecule has 102 valence electrons. The highest BCUT2D eigenvalue weighted by atomic mass is 32.2. The average molecular weight is 262 g/mol. The van der Waals surface area contributed by atoms with Crippen LogP contribution >= 0.6 is 11.8 Å². The van der Waals surface area contributed by atoms with Gasteiger partial charge >= 0.3 is 0 Å². The Kier molecular flexibility index (Phi) is 10.7. The molecule has 0 aromatic carbocycles. The van der Waals surface area contributed by atoms with Gasteiger partial charge in [0.15, 0.2) is 0 Å². The lowest BCUT2D eigenvalue weighted by molar-refractivity contribution is -0.122. The Labute approximate surface area is 109 Å². The molecule has 0 fully saturated rings. The summed E-state index contributed by atoms with van der Waals surface area (Å²) in [4.78, 5) is 11.5. The monoisotopic (exact) mass is 262 g/mol. The second-order valence-electron chi connectivity index (χ2n) is 4.47. The normalized spacial score (nSPS) is 12.8. The molecule has 0 aliphatic heterocycles. The smallest absolute Gasteiger partial charge is 0.237 e. The first-order valence-electron chi connectivity index (χ1n) is 6.18. The van der Waals surface area contributed by atoms with Gasteiger partial charge in [-0.05, 0) is 30.8 Å².